The Labute approximate surface area is 145 Å². The smallest absolute Gasteiger partial charge is 0.444 e. The highest BCUT2D eigenvalue weighted by Gasteiger charge is 2.32. The minimum atomic E-state index is -4.66. The molecule has 8 heteroatoms. The Morgan fingerprint density at radius 1 is 1.00 bits per heavy atom. The van der Waals surface area contributed by atoms with Crippen molar-refractivity contribution in [3.8, 4) is 0 Å². The lowest BCUT2D eigenvalue weighted by molar-refractivity contribution is -0.120. The van der Waals surface area contributed by atoms with Gasteiger partial charge in [-0.05, 0) is 20.8 Å². The summed E-state index contributed by atoms with van der Waals surface area (Å²) in [6, 6.07) is 8.24. The van der Waals surface area contributed by atoms with Crippen LogP contribution in [0, 0.1) is 0 Å². The Morgan fingerprint density at radius 3 is 2.00 bits per heavy atom. The fraction of sp³-hybridized carbons (Fsp3) is 0.529. The number of amidine groups is 1. The summed E-state index contributed by atoms with van der Waals surface area (Å²) in [4.78, 5) is 18.0. The summed E-state index contributed by atoms with van der Waals surface area (Å²) in [6.45, 7) is 6.36. The Kier molecular flexibility index (Phi) is 5.59. The third-order valence-corrected chi connectivity index (χ3v) is 3.50. The first-order valence-corrected chi connectivity index (χ1v) is 8.00. The fourth-order valence-corrected chi connectivity index (χ4v) is 2.45. The van der Waals surface area contributed by atoms with Gasteiger partial charge in [-0.25, -0.2) is 4.79 Å². The van der Waals surface area contributed by atoms with Gasteiger partial charge in [-0.2, -0.15) is 4.99 Å². The van der Waals surface area contributed by atoms with Crippen molar-refractivity contribution in [2.24, 2.45) is 4.99 Å². The average molecular weight is 357 g/mol. The maximum absolute atomic E-state index is 12.8. The van der Waals surface area contributed by atoms with Gasteiger partial charge in [-0.15, -0.1) is 13.2 Å². The van der Waals surface area contributed by atoms with Gasteiger partial charge in [0.25, 0.3) is 0 Å². The van der Waals surface area contributed by atoms with Gasteiger partial charge in [-0.3, -0.25) is 0 Å². The second-order valence-corrected chi connectivity index (χ2v) is 6.72. The SMILES string of the molecule is CC(C)(C)OC(=O)N1CCN(/C(=N/C(F)(F)F)c2ccccc2)CC1. The molecule has 1 aliphatic rings. The molecule has 1 heterocycles. The molecule has 1 amide bonds. The highest BCUT2D eigenvalue weighted by atomic mass is 19.4. The molecule has 0 spiro atoms. The predicted molar refractivity (Wildman–Crippen MR) is 88.4 cm³/mol. The van der Waals surface area contributed by atoms with Crippen LogP contribution in [0.5, 0.6) is 0 Å². The minimum absolute atomic E-state index is 0.128. The third kappa shape index (κ3) is 5.95. The molecule has 1 aromatic carbocycles. The molecule has 1 aromatic rings. The Bertz CT molecular complexity index is 616. The first-order chi connectivity index (χ1) is 11.6. The molecule has 2 rings (SSSR count). The molecule has 0 aromatic heterocycles. The largest absolute Gasteiger partial charge is 0.505 e. The highest BCUT2D eigenvalue weighted by molar-refractivity contribution is 5.99. The van der Waals surface area contributed by atoms with E-state index in [0.717, 1.165) is 0 Å². The number of hydrogen-bond donors (Lipinski definition) is 0. The third-order valence-electron chi connectivity index (χ3n) is 3.50. The van der Waals surface area contributed by atoms with E-state index in [1.54, 1.807) is 56.0 Å². The molecule has 1 saturated heterocycles. The van der Waals surface area contributed by atoms with Crippen molar-refractivity contribution < 1.29 is 22.7 Å². The van der Waals surface area contributed by atoms with E-state index < -0.39 is 18.0 Å². The van der Waals surface area contributed by atoms with E-state index in [1.165, 1.54) is 4.90 Å². The van der Waals surface area contributed by atoms with Gasteiger partial charge in [0.05, 0.1) is 0 Å². The van der Waals surface area contributed by atoms with Gasteiger partial charge >= 0.3 is 12.4 Å². The molecule has 0 saturated carbocycles. The molecule has 138 valence electrons. The number of aliphatic imine (C=N–C) groups is 1. The second kappa shape index (κ2) is 7.33. The van der Waals surface area contributed by atoms with Crippen LogP contribution in [0.25, 0.3) is 0 Å². The maximum atomic E-state index is 12.8. The summed E-state index contributed by atoms with van der Waals surface area (Å²) in [5.74, 6) is -0.128. The van der Waals surface area contributed by atoms with Gasteiger partial charge in [0, 0.05) is 31.7 Å². The topological polar surface area (TPSA) is 45.1 Å². The standard InChI is InChI=1S/C17H22F3N3O2/c1-16(2,3)25-15(24)23-11-9-22(10-12-23)14(21-17(18,19)20)13-7-5-4-6-8-13/h4-8H,9-12H2,1-3H3/b21-14+. The zero-order valence-corrected chi connectivity index (χ0v) is 14.5. The van der Waals surface area contributed by atoms with Crippen molar-refractivity contribution in [1.82, 2.24) is 9.80 Å². The Hall–Kier alpha value is -2.25. The molecule has 1 aliphatic heterocycles. The molecular weight excluding hydrogens is 335 g/mol. The van der Waals surface area contributed by atoms with Gasteiger partial charge < -0.3 is 14.5 Å². The summed E-state index contributed by atoms with van der Waals surface area (Å²) in [6.07, 6.45) is -5.12. The summed E-state index contributed by atoms with van der Waals surface area (Å²) in [5.41, 5.74) is -0.216. The number of carbonyl (C=O) groups excluding carboxylic acids is 1. The van der Waals surface area contributed by atoms with Crippen LogP contribution in [0.2, 0.25) is 0 Å². The van der Waals surface area contributed by atoms with E-state index in [2.05, 4.69) is 4.99 Å². The number of hydrogen-bond acceptors (Lipinski definition) is 3. The summed E-state index contributed by atoms with van der Waals surface area (Å²) in [5, 5.41) is 0. The van der Waals surface area contributed by atoms with Crippen LogP contribution >= 0.6 is 0 Å². The number of amides is 1. The highest BCUT2D eigenvalue weighted by Crippen LogP contribution is 2.21. The van der Waals surface area contributed by atoms with Crippen LogP contribution in [0.1, 0.15) is 26.3 Å². The lowest BCUT2D eigenvalue weighted by atomic mass is 10.1. The van der Waals surface area contributed by atoms with Gasteiger partial charge in [0.2, 0.25) is 0 Å². The summed E-state index contributed by atoms with van der Waals surface area (Å²) >= 11 is 0. The molecule has 0 radical (unpaired) electrons. The second-order valence-electron chi connectivity index (χ2n) is 6.72. The van der Waals surface area contributed by atoms with Crippen LogP contribution in [0.15, 0.2) is 35.3 Å². The van der Waals surface area contributed by atoms with Crippen LogP contribution in [-0.4, -0.2) is 59.8 Å². The molecule has 0 bridgehead atoms. The van der Waals surface area contributed by atoms with Crippen LogP contribution < -0.4 is 0 Å². The zero-order valence-electron chi connectivity index (χ0n) is 14.5. The zero-order chi connectivity index (χ0) is 18.7. The first-order valence-electron chi connectivity index (χ1n) is 8.00. The van der Waals surface area contributed by atoms with Crippen LogP contribution in [-0.2, 0) is 4.74 Å². The number of carbonyl (C=O) groups is 1. The summed E-state index contributed by atoms with van der Waals surface area (Å²) < 4.78 is 43.8. The quantitative estimate of drug-likeness (QED) is 0.439. The first kappa shape index (κ1) is 19.1. The van der Waals surface area contributed by atoms with Crippen molar-refractivity contribution in [2.75, 3.05) is 26.2 Å². The molecule has 0 aliphatic carbocycles. The molecule has 5 nitrogen and oxygen atoms in total. The van der Waals surface area contributed by atoms with E-state index in [4.69, 9.17) is 4.74 Å². The minimum Gasteiger partial charge on any atom is -0.444 e. The molecule has 25 heavy (non-hydrogen) atoms. The molecule has 0 unspecified atom stereocenters. The lowest BCUT2D eigenvalue weighted by Crippen LogP contribution is -2.52. The van der Waals surface area contributed by atoms with Crippen molar-refractivity contribution in [2.45, 2.75) is 32.7 Å². The average Bonchev–Trinajstić information content (AvgIpc) is 2.51. The molecule has 1 fully saturated rings. The Morgan fingerprint density at radius 2 is 1.52 bits per heavy atom. The maximum Gasteiger partial charge on any atom is 0.505 e. The van der Waals surface area contributed by atoms with Crippen molar-refractivity contribution >= 4 is 11.9 Å². The van der Waals surface area contributed by atoms with E-state index in [9.17, 15) is 18.0 Å². The van der Waals surface area contributed by atoms with E-state index >= 15 is 0 Å². The van der Waals surface area contributed by atoms with Crippen molar-refractivity contribution in [3.05, 3.63) is 35.9 Å². The van der Waals surface area contributed by atoms with E-state index in [-0.39, 0.29) is 32.0 Å². The molecule has 0 atom stereocenters. The number of rotatable bonds is 1. The van der Waals surface area contributed by atoms with Crippen molar-refractivity contribution in [1.29, 1.82) is 0 Å². The number of halogens is 3. The van der Waals surface area contributed by atoms with Gasteiger partial charge in [0.1, 0.15) is 11.4 Å². The van der Waals surface area contributed by atoms with E-state index in [0.29, 0.717) is 5.56 Å². The van der Waals surface area contributed by atoms with Gasteiger partial charge in [0.15, 0.2) is 0 Å². The van der Waals surface area contributed by atoms with Crippen LogP contribution in [0.3, 0.4) is 0 Å². The number of nitrogens with zero attached hydrogens (tertiary/aromatic N) is 3. The summed E-state index contributed by atoms with van der Waals surface area (Å²) in [7, 11) is 0. The van der Waals surface area contributed by atoms with Crippen LogP contribution in [0.4, 0.5) is 18.0 Å². The number of alkyl halides is 3. The number of piperazine rings is 1. The van der Waals surface area contributed by atoms with E-state index in [1.807, 2.05) is 0 Å². The molecular formula is C17H22F3N3O2. The predicted octanol–water partition coefficient (Wildman–Crippen LogP) is 3.51. The lowest BCUT2D eigenvalue weighted by Gasteiger charge is -2.37. The number of benzene rings is 1. The monoisotopic (exact) mass is 357 g/mol. The molecule has 0 N–H and O–H groups in total. The van der Waals surface area contributed by atoms with Crippen molar-refractivity contribution in [3.63, 3.8) is 0 Å². The van der Waals surface area contributed by atoms with Gasteiger partial charge in [-0.1, -0.05) is 30.3 Å². The number of ether oxygens (including phenoxy) is 1. The fourth-order valence-electron chi connectivity index (χ4n) is 2.45. The normalized spacial score (nSPS) is 16.8. The Balaban J connectivity index is 2.10.